The molecule has 2 saturated heterocycles. The van der Waals surface area contributed by atoms with Gasteiger partial charge in [0.25, 0.3) is 5.91 Å². The number of piperazine rings is 1. The molecule has 1 aromatic carbocycles. The molecule has 3 aromatic rings. The molecular weight excluding hydrogens is 392 g/mol. The summed E-state index contributed by atoms with van der Waals surface area (Å²) in [6.07, 6.45) is 7.88. The monoisotopic (exact) mass is 420 g/mol. The van der Waals surface area contributed by atoms with Crippen molar-refractivity contribution in [2.45, 2.75) is 32.7 Å². The third-order valence-electron chi connectivity index (χ3n) is 6.17. The molecule has 0 spiro atoms. The number of ether oxygens (including phenoxy) is 1. The van der Waals surface area contributed by atoms with Crippen LogP contribution >= 0.6 is 0 Å². The van der Waals surface area contributed by atoms with E-state index in [0.717, 1.165) is 36.7 Å². The second-order valence-corrected chi connectivity index (χ2v) is 8.27. The number of hydrogen-bond acceptors (Lipinski definition) is 6. The zero-order chi connectivity index (χ0) is 21.4. The van der Waals surface area contributed by atoms with Crippen LogP contribution in [0.3, 0.4) is 0 Å². The van der Waals surface area contributed by atoms with Gasteiger partial charge in [-0.15, -0.1) is 0 Å². The van der Waals surface area contributed by atoms with Crippen LogP contribution in [0.25, 0.3) is 5.65 Å². The average molecular weight is 421 g/mol. The number of carbonyl (C=O) groups is 1. The Hall–Kier alpha value is -3.13. The van der Waals surface area contributed by atoms with Crippen molar-refractivity contribution in [3.05, 3.63) is 48.0 Å². The minimum absolute atomic E-state index is 0.237. The predicted octanol–water partition coefficient (Wildman–Crippen LogP) is 2.97. The van der Waals surface area contributed by atoms with Crippen molar-refractivity contribution in [3.8, 4) is 5.75 Å². The normalized spacial score (nSPS) is 18.9. The van der Waals surface area contributed by atoms with Crippen LogP contribution in [-0.2, 0) is 0 Å². The van der Waals surface area contributed by atoms with E-state index < -0.39 is 0 Å². The number of nitrogens with one attached hydrogen (secondary N) is 1. The summed E-state index contributed by atoms with van der Waals surface area (Å²) in [6, 6.07) is 6.52. The van der Waals surface area contributed by atoms with Gasteiger partial charge in [0.15, 0.2) is 5.65 Å². The SMILES string of the molecule is CCOc1cc(N2CCN3CCC[C@H]3C2)ccc1C(=O)Nc1cn2cc(C)nc2cn1. The summed E-state index contributed by atoms with van der Waals surface area (Å²) in [6.45, 7) is 8.71. The van der Waals surface area contributed by atoms with E-state index in [0.29, 0.717) is 29.8 Å². The first-order valence-corrected chi connectivity index (χ1v) is 11.0. The lowest BCUT2D eigenvalue weighted by molar-refractivity contribution is 0.102. The predicted molar refractivity (Wildman–Crippen MR) is 120 cm³/mol. The Bertz CT molecular complexity index is 1110. The highest BCUT2D eigenvalue weighted by Crippen LogP contribution is 2.30. The zero-order valence-electron chi connectivity index (χ0n) is 18.0. The van der Waals surface area contributed by atoms with Crippen LogP contribution in [0.1, 0.15) is 35.8 Å². The fraction of sp³-hybridized carbons (Fsp3) is 0.435. The molecule has 8 nitrogen and oxygen atoms in total. The first kappa shape index (κ1) is 19.8. The molecule has 0 unspecified atom stereocenters. The molecule has 162 valence electrons. The van der Waals surface area contributed by atoms with Crippen LogP contribution in [-0.4, -0.2) is 64.0 Å². The zero-order valence-corrected chi connectivity index (χ0v) is 18.0. The Labute approximate surface area is 181 Å². The summed E-state index contributed by atoms with van der Waals surface area (Å²) in [4.78, 5) is 26.7. The van der Waals surface area contributed by atoms with Crippen molar-refractivity contribution >= 4 is 23.1 Å². The highest BCUT2D eigenvalue weighted by atomic mass is 16.5. The van der Waals surface area contributed by atoms with Crippen molar-refractivity contribution in [1.82, 2.24) is 19.3 Å². The van der Waals surface area contributed by atoms with Gasteiger partial charge >= 0.3 is 0 Å². The number of anilines is 2. The van der Waals surface area contributed by atoms with Gasteiger partial charge in [0.05, 0.1) is 30.3 Å². The third-order valence-corrected chi connectivity index (χ3v) is 6.17. The van der Waals surface area contributed by atoms with Gasteiger partial charge in [0.1, 0.15) is 11.6 Å². The molecule has 1 amide bonds. The molecule has 31 heavy (non-hydrogen) atoms. The lowest BCUT2D eigenvalue weighted by atomic mass is 10.1. The van der Waals surface area contributed by atoms with Crippen LogP contribution in [0.5, 0.6) is 5.75 Å². The van der Waals surface area contributed by atoms with E-state index in [1.165, 1.54) is 19.4 Å². The topological polar surface area (TPSA) is 75.0 Å². The van der Waals surface area contributed by atoms with E-state index in [9.17, 15) is 4.79 Å². The van der Waals surface area contributed by atoms with Crippen LogP contribution < -0.4 is 15.0 Å². The summed E-state index contributed by atoms with van der Waals surface area (Å²) >= 11 is 0. The number of nitrogens with zero attached hydrogens (tertiary/aromatic N) is 5. The van der Waals surface area contributed by atoms with E-state index >= 15 is 0 Å². The minimum atomic E-state index is -0.237. The second kappa shape index (κ2) is 8.19. The Kier molecular flexibility index (Phi) is 5.23. The fourth-order valence-electron chi connectivity index (χ4n) is 4.67. The number of imidazole rings is 1. The fourth-order valence-corrected chi connectivity index (χ4v) is 4.67. The molecule has 2 aromatic heterocycles. The van der Waals surface area contributed by atoms with Gasteiger partial charge in [-0.2, -0.15) is 0 Å². The first-order chi connectivity index (χ1) is 15.1. The molecule has 2 fully saturated rings. The number of rotatable bonds is 5. The smallest absolute Gasteiger partial charge is 0.260 e. The molecule has 1 N–H and O–H groups in total. The van der Waals surface area contributed by atoms with Gasteiger partial charge in [-0.3, -0.25) is 9.69 Å². The molecule has 2 aliphatic heterocycles. The van der Waals surface area contributed by atoms with Crippen LogP contribution in [0.4, 0.5) is 11.5 Å². The summed E-state index contributed by atoms with van der Waals surface area (Å²) in [7, 11) is 0. The highest BCUT2D eigenvalue weighted by Gasteiger charge is 2.31. The van der Waals surface area contributed by atoms with E-state index in [1.54, 1.807) is 12.4 Å². The average Bonchev–Trinajstić information content (AvgIpc) is 3.38. The van der Waals surface area contributed by atoms with Gasteiger partial charge in [-0.25, -0.2) is 9.97 Å². The number of fused-ring (bicyclic) bond motifs is 2. The Morgan fingerprint density at radius 2 is 2.16 bits per heavy atom. The van der Waals surface area contributed by atoms with Gasteiger partial charge < -0.3 is 19.4 Å². The lowest BCUT2D eigenvalue weighted by Gasteiger charge is -2.39. The summed E-state index contributed by atoms with van der Waals surface area (Å²) in [5.41, 5.74) is 3.27. The molecule has 1 atom stereocenters. The molecule has 4 heterocycles. The Morgan fingerprint density at radius 1 is 1.26 bits per heavy atom. The molecule has 0 radical (unpaired) electrons. The molecule has 0 bridgehead atoms. The Balaban J connectivity index is 1.36. The summed E-state index contributed by atoms with van der Waals surface area (Å²) < 4.78 is 7.71. The molecule has 2 aliphatic rings. The quantitative estimate of drug-likeness (QED) is 0.684. The number of aromatic nitrogens is 3. The van der Waals surface area contributed by atoms with Crippen molar-refractivity contribution in [3.63, 3.8) is 0 Å². The summed E-state index contributed by atoms with van der Waals surface area (Å²) in [5.74, 6) is 0.837. The van der Waals surface area contributed by atoms with Crippen molar-refractivity contribution in [2.24, 2.45) is 0 Å². The van der Waals surface area contributed by atoms with Crippen molar-refractivity contribution in [1.29, 1.82) is 0 Å². The standard InChI is InChI=1S/C23H28N6O2/c1-3-31-20-11-17(28-10-9-27-8-4-5-18(27)14-28)6-7-19(20)23(30)26-21-15-29-13-16(2)25-22(29)12-24-21/h6-7,11-13,15,18H,3-5,8-10,14H2,1-2H3,(H,26,30)/t18-/m0/s1. The minimum Gasteiger partial charge on any atom is -0.493 e. The van der Waals surface area contributed by atoms with Crippen LogP contribution in [0.2, 0.25) is 0 Å². The maximum Gasteiger partial charge on any atom is 0.260 e. The van der Waals surface area contributed by atoms with E-state index in [2.05, 4.69) is 25.1 Å². The highest BCUT2D eigenvalue weighted by molar-refractivity contribution is 6.06. The van der Waals surface area contributed by atoms with Gasteiger partial charge in [0.2, 0.25) is 0 Å². The maximum absolute atomic E-state index is 13.0. The van der Waals surface area contributed by atoms with Gasteiger partial charge in [-0.05, 0) is 45.4 Å². The molecule has 5 rings (SSSR count). The van der Waals surface area contributed by atoms with Crippen LogP contribution in [0, 0.1) is 6.92 Å². The lowest BCUT2D eigenvalue weighted by Crippen LogP contribution is -2.50. The van der Waals surface area contributed by atoms with E-state index in [1.807, 2.05) is 42.6 Å². The maximum atomic E-state index is 13.0. The molecule has 0 saturated carbocycles. The number of amides is 1. The first-order valence-electron chi connectivity index (χ1n) is 11.0. The van der Waals surface area contributed by atoms with Gasteiger partial charge in [0, 0.05) is 43.6 Å². The van der Waals surface area contributed by atoms with E-state index in [-0.39, 0.29) is 5.91 Å². The Morgan fingerprint density at radius 3 is 3.03 bits per heavy atom. The molecular formula is C23H28N6O2. The summed E-state index contributed by atoms with van der Waals surface area (Å²) in [5, 5.41) is 2.89. The number of benzene rings is 1. The van der Waals surface area contributed by atoms with Crippen LogP contribution in [0.15, 0.2) is 36.8 Å². The molecule has 8 heteroatoms. The third kappa shape index (κ3) is 3.95. The number of hydrogen-bond donors (Lipinski definition) is 1. The second-order valence-electron chi connectivity index (χ2n) is 8.27. The van der Waals surface area contributed by atoms with Crippen molar-refractivity contribution < 1.29 is 9.53 Å². The van der Waals surface area contributed by atoms with Gasteiger partial charge in [-0.1, -0.05) is 0 Å². The number of carbonyl (C=O) groups excluding carboxylic acids is 1. The number of aryl methyl sites for hydroxylation is 1. The van der Waals surface area contributed by atoms with E-state index in [4.69, 9.17) is 4.74 Å². The molecule has 0 aliphatic carbocycles. The largest absolute Gasteiger partial charge is 0.493 e. The van der Waals surface area contributed by atoms with Crippen molar-refractivity contribution in [2.75, 3.05) is 43.0 Å².